The van der Waals surface area contributed by atoms with Gasteiger partial charge < -0.3 is 14.8 Å². The molecule has 0 spiro atoms. The zero-order valence-electron chi connectivity index (χ0n) is 17.0. The minimum Gasteiger partial charge on any atom is -0.496 e. The summed E-state index contributed by atoms with van der Waals surface area (Å²) in [6, 6.07) is 9.97. The number of anilines is 1. The summed E-state index contributed by atoms with van der Waals surface area (Å²) in [5.74, 6) is -1.69. The lowest BCUT2D eigenvalue weighted by Gasteiger charge is -2.26. The highest BCUT2D eigenvalue weighted by Crippen LogP contribution is 2.33. The van der Waals surface area contributed by atoms with Crippen molar-refractivity contribution in [2.45, 2.75) is 16.0 Å². The van der Waals surface area contributed by atoms with Crippen LogP contribution in [0.3, 0.4) is 0 Å². The number of hydrogen-bond donors (Lipinski definition) is 1. The zero-order valence-corrected chi connectivity index (χ0v) is 18.6. The maximum Gasteiger partial charge on any atom is 0.398 e. The molecule has 0 radical (unpaired) electrons. The molecule has 0 aliphatic carbocycles. The van der Waals surface area contributed by atoms with Gasteiger partial charge in [0.05, 0.1) is 42.2 Å². The first-order valence-corrected chi connectivity index (χ1v) is 11.9. The summed E-state index contributed by atoms with van der Waals surface area (Å²) < 4.78 is 75.4. The number of carbonyl (C=O) groups excluding carboxylic acids is 1. The number of thioether (sulfide) groups is 1. The van der Waals surface area contributed by atoms with Gasteiger partial charge in [0.2, 0.25) is 10.0 Å². The molecule has 1 aliphatic rings. The minimum atomic E-state index is -4.37. The van der Waals surface area contributed by atoms with E-state index in [0.717, 1.165) is 0 Å². The Morgan fingerprint density at radius 1 is 1.19 bits per heavy atom. The van der Waals surface area contributed by atoms with Gasteiger partial charge in [0.1, 0.15) is 5.75 Å². The van der Waals surface area contributed by atoms with E-state index >= 15 is 0 Å². The number of morpholine rings is 1. The number of carbonyl (C=O) groups is 1. The number of para-hydroxylation sites is 1. The van der Waals surface area contributed by atoms with Crippen LogP contribution < -0.4 is 10.1 Å². The Balaban J connectivity index is 1.88. The van der Waals surface area contributed by atoms with E-state index in [1.54, 1.807) is 12.1 Å². The molecule has 32 heavy (non-hydrogen) atoms. The van der Waals surface area contributed by atoms with E-state index in [4.69, 9.17) is 9.47 Å². The molecule has 1 heterocycles. The smallest absolute Gasteiger partial charge is 0.398 e. The SMILES string of the molecule is COc1ccc(S(=O)(=O)N2CCOCC2)cc1C(=O)Nc1ccccc1SCC(F)(F)F. The van der Waals surface area contributed by atoms with Crippen LogP contribution in [-0.2, 0) is 14.8 Å². The summed E-state index contributed by atoms with van der Waals surface area (Å²) in [7, 11) is -2.53. The molecule has 0 atom stereocenters. The highest BCUT2D eigenvalue weighted by molar-refractivity contribution is 7.99. The summed E-state index contributed by atoms with van der Waals surface area (Å²) in [6.45, 7) is 0.934. The Morgan fingerprint density at radius 3 is 2.53 bits per heavy atom. The number of hydrogen-bond acceptors (Lipinski definition) is 6. The highest BCUT2D eigenvalue weighted by atomic mass is 32.2. The number of nitrogens with one attached hydrogen (secondary N) is 1. The van der Waals surface area contributed by atoms with E-state index in [1.165, 1.54) is 41.7 Å². The topological polar surface area (TPSA) is 84.9 Å². The van der Waals surface area contributed by atoms with E-state index in [2.05, 4.69) is 5.32 Å². The summed E-state index contributed by atoms with van der Waals surface area (Å²) in [6.07, 6.45) is -4.37. The molecular formula is C20H21F3N2O5S2. The van der Waals surface area contributed by atoms with Crippen molar-refractivity contribution in [3.8, 4) is 5.75 Å². The molecule has 12 heteroatoms. The summed E-state index contributed by atoms with van der Waals surface area (Å²) in [5, 5.41) is 2.56. The molecular weight excluding hydrogens is 469 g/mol. The predicted molar refractivity (Wildman–Crippen MR) is 114 cm³/mol. The molecule has 0 unspecified atom stereocenters. The molecule has 0 saturated carbocycles. The van der Waals surface area contributed by atoms with Crippen LogP contribution >= 0.6 is 11.8 Å². The zero-order chi connectivity index (χ0) is 23.4. The molecule has 1 amide bonds. The van der Waals surface area contributed by atoms with Crippen molar-refractivity contribution < 1.29 is 35.9 Å². The monoisotopic (exact) mass is 490 g/mol. The first-order chi connectivity index (χ1) is 15.1. The lowest BCUT2D eigenvalue weighted by atomic mass is 10.2. The highest BCUT2D eigenvalue weighted by Gasteiger charge is 2.29. The third-order valence-corrected chi connectivity index (χ3v) is 7.58. The van der Waals surface area contributed by atoms with Crippen molar-refractivity contribution in [2.24, 2.45) is 0 Å². The number of benzene rings is 2. The number of nitrogens with zero attached hydrogens (tertiary/aromatic N) is 1. The summed E-state index contributed by atoms with van der Waals surface area (Å²) in [4.78, 5) is 13.1. The summed E-state index contributed by atoms with van der Waals surface area (Å²) >= 11 is 0.542. The fraction of sp³-hybridized carbons (Fsp3) is 0.350. The number of halogens is 3. The normalized spacial score (nSPS) is 15.4. The van der Waals surface area contributed by atoms with Crippen molar-refractivity contribution in [1.82, 2.24) is 4.31 Å². The molecule has 2 aromatic carbocycles. The summed E-state index contributed by atoms with van der Waals surface area (Å²) in [5.41, 5.74) is 0.118. The van der Waals surface area contributed by atoms with Crippen LogP contribution in [0.25, 0.3) is 0 Å². The van der Waals surface area contributed by atoms with Gasteiger partial charge in [-0.15, -0.1) is 11.8 Å². The quantitative estimate of drug-likeness (QED) is 0.597. The van der Waals surface area contributed by atoms with Crippen LogP contribution in [0.15, 0.2) is 52.3 Å². The van der Waals surface area contributed by atoms with Crippen LogP contribution in [0.4, 0.5) is 18.9 Å². The molecule has 3 rings (SSSR count). The fourth-order valence-electron chi connectivity index (χ4n) is 3.01. The Bertz CT molecular complexity index is 1070. The second kappa shape index (κ2) is 10.1. The largest absolute Gasteiger partial charge is 0.496 e. The first-order valence-electron chi connectivity index (χ1n) is 9.48. The van der Waals surface area contributed by atoms with Crippen LogP contribution in [0, 0.1) is 0 Å². The van der Waals surface area contributed by atoms with Gasteiger partial charge in [-0.25, -0.2) is 8.42 Å². The van der Waals surface area contributed by atoms with Crippen LogP contribution in [-0.4, -0.2) is 64.0 Å². The molecule has 0 bridgehead atoms. The Kier molecular flexibility index (Phi) is 7.70. The van der Waals surface area contributed by atoms with Gasteiger partial charge in [0, 0.05) is 18.0 Å². The average Bonchev–Trinajstić information content (AvgIpc) is 2.78. The van der Waals surface area contributed by atoms with Gasteiger partial charge in [0.25, 0.3) is 5.91 Å². The van der Waals surface area contributed by atoms with Crippen LogP contribution in [0.1, 0.15) is 10.4 Å². The van der Waals surface area contributed by atoms with E-state index < -0.39 is 27.9 Å². The maximum atomic E-state index is 13.0. The van der Waals surface area contributed by atoms with Crippen molar-refractivity contribution in [1.29, 1.82) is 0 Å². The van der Waals surface area contributed by atoms with Crippen molar-refractivity contribution in [3.05, 3.63) is 48.0 Å². The number of amides is 1. The van der Waals surface area contributed by atoms with Gasteiger partial charge in [0.15, 0.2) is 0 Å². The third-order valence-electron chi connectivity index (χ3n) is 4.55. The standard InChI is InChI=1S/C20H21F3N2O5S2/c1-29-17-7-6-14(32(27,28)25-8-10-30-11-9-25)12-15(17)19(26)24-16-4-2-3-5-18(16)31-13-20(21,22)23/h2-7,12H,8-11,13H2,1H3,(H,24,26). The van der Waals surface area contributed by atoms with E-state index in [1.807, 2.05) is 0 Å². The number of alkyl halides is 3. The van der Waals surface area contributed by atoms with Crippen LogP contribution in [0.2, 0.25) is 0 Å². The second-order valence-electron chi connectivity index (χ2n) is 6.73. The molecule has 1 saturated heterocycles. The van der Waals surface area contributed by atoms with E-state index in [0.29, 0.717) is 11.8 Å². The average molecular weight is 491 g/mol. The van der Waals surface area contributed by atoms with E-state index in [-0.39, 0.29) is 53.1 Å². The van der Waals surface area contributed by atoms with Gasteiger partial charge in [-0.2, -0.15) is 17.5 Å². The Labute approximate surface area is 187 Å². The van der Waals surface area contributed by atoms with Crippen molar-refractivity contribution in [3.63, 3.8) is 0 Å². The molecule has 1 fully saturated rings. The van der Waals surface area contributed by atoms with Gasteiger partial charge in [-0.3, -0.25) is 4.79 Å². The molecule has 174 valence electrons. The van der Waals surface area contributed by atoms with E-state index in [9.17, 15) is 26.4 Å². The van der Waals surface area contributed by atoms with Crippen molar-refractivity contribution in [2.75, 3.05) is 44.5 Å². The molecule has 7 nitrogen and oxygen atoms in total. The first kappa shape index (κ1) is 24.4. The fourth-order valence-corrected chi connectivity index (χ4v) is 5.21. The number of sulfonamides is 1. The number of rotatable bonds is 7. The molecule has 2 aromatic rings. The molecule has 1 N–H and O–H groups in total. The third kappa shape index (κ3) is 5.94. The minimum absolute atomic E-state index is 0.0579. The Morgan fingerprint density at radius 2 is 1.88 bits per heavy atom. The second-order valence-corrected chi connectivity index (χ2v) is 9.69. The lowest BCUT2D eigenvalue weighted by Crippen LogP contribution is -2.40. The van der Waals surface area contributed by atoms with Gasteiger partial charge in [-0.05, 0) is 30.3 Å². The van der Waals surface area contributed by atoms with Crippen molar-refractivity contribution >= 4 is 33.4 Å². The Hall–Kier alpha value is -2.28. The lowest BCUT2D eigenvalue weighted by molar-refractivity contribution is -0.105. The molecule has 1 aliphatic heterocycles. The predicted octanol–water partition coefficient (Wildman–Crippen LogP) is 3.62. The number of ether oxygens (including phenoxy) is 2. The van der Waals surface area contributed by atoms with Gasteiger partial charge in [-0.1, -0.05) is 12.1 Å². The number of methoxy groups -OCH3 is 1. The maximum absolute atomic E-state index is 13.0. The van der Waals surface area contributed by atoms with Crippen LogP contribution in [0.5, 0.6) is 5.75 Å². The van der Waals surface area contributed by atoms with Gasteiger partial charge >= 0.3 is 6.18 Å². The molecule has 0 aromatic heterocycles.